The van der Waals surface area contributed by atoms with E-state index in [0.29, 0.717) is 16.7 Å². The van der Waals surface area contributed by atoms with Crippen LogP contribution in [0.3, 0.4) is 0 Å². The number of aromatic amines is 1. The quantitative estimate of drug-likeness (QED) is 0.848. The highest BCUT2D eigenvalue weighted by atomic mass is 32.1. The molecule has 0 amide bonds. The van der Waals surface area contributed by atoms with Crippen LogP contribution in [-0.4, -0.2) is 22.7 Å². The first-order chi connectivity index (χ1) is 8.63. The van der Waals surface area contributed by atoms with Gasteiger partial charge in [0.25, 0.3) is 0 Å². The highest BCUT2D eigenvalue weighted by molar-refractivity contribution is 7.71. The predicted octanol–water partition coefficient (Wildman–Crippen LogP) is 3.45. The maximum absolute atomic E-state index is 5.75. The molecule has 2 rings (SSSR count). The Morgan fingerprint density at radius 3 is 3.00 bits per heavy atom. The zero-order chi connectivity index (χ0) is 13.0. The van der Waals surface area contributed by atoms with Crippen LogP contribution in [0.5, 0.6) is 0 Å². The monoisotopic (exact) mass is 266 g/mol. The van der Waals surface area contributed by atoms with Crippen LogP contribution in [0.25, 0.3) is 0 Å². The minimum absolute atomic E-state index is 0.311. The van der Waals surface area contributed by atoms with Crippen LogP contribution in [0.4, 0.5) is 0 Å². The van der Waals surface area contributed by atoms with Crippen molar-refractivity contribution in [1.82, 2.24) is 9.97 Å². The van der Waals surface area contributed by atoms with E-state index in [9.17, 15) is 0 Å². The summed E-state index contributed by atoms with van der Waals surface area (Å²) < 4.78 is 6.44. The molecule has 1 saturated heterocycles. The minimum atomic E-state index is 0.311. The van der Waals surface area contributed by atoms with E-state index in [-0.39, 0.29) is 0 Å². The predicted molar refractivity (Wildman–Crippen MR) is 75.3 cm³/mol. The zero-order valence-electron chi connectivity index (χ0n) is 11.2. The molecule has 0 aromatic carbocycles. The highest BCUT2D eigenvalue weighted by Gasteiger charge is 2.15. The number of nitrogens with zero attached hydrogens (tertiary/aromatic N) is 1. The Morgan fingerprint density at radius 1 is 1.50 bits per heavy atom. The van der Waals surface area contributed by atoms with Crippen LogP contribution in [0.2, 0.25) is 0 Å². The standard InChI is InChI=1S/C14H22N2OS/c1-10(2)7-11-8-14(18)16-13(15-11)9-12-5-3-4-6-17-12/h8,10,12H,3-7,9H2,1-2H3,(H,15,16,18). The molecule has 1 atom stereocenters. The molecular formula is C14H22N2OS. The fourth-order valence-electron chi connectivity index (χ4n) is 2.39. The molecule has 4 heteroatoms. The summed E-state index contributed by atoms with van der Waals surface area (Å²) in [5, 5.41) is 0. The Kier molecular flexibility index (Phi) is 4.89. The van der Waals surface area contributed by atoms with Gasteiger partial charge in [0.2, 0.25) is 0 Å². The molecule has 18 heavy (non-hydrogen) atoms. The van der Waals surface area contributed by atoms with E-state index in [2.05, 4.69) is 23.8 Å². The Bertz CT molecular complexity index is 436. The van der Waals surface area contributed by atoms with E-state index in [1.165, 1.54) is 18.5 Å². The third-order valence-corrected chi connectivity index (χ3v) is 3.38. The van der Waals surface area contributed by atoms with Gasteiger partial charge in [-0.3, -0.25) is 0 Å². The van der Waals surface area contributed by atoms with Crippen LogP contribution in [0, 0.1) is 10.6 Å². The average molecular weight is 266 g/mol. The molecule has 100 valence electrons. The first kappa shape index (κ1) is 13.7. The number of nitrogens with one attached hydrogen (secondary N) is 1. The summed E-state index contributed by atoms with van der Waals surface area (Å²) in [4.78, 5) is 7.82. The van der Waals surface area contributed by atoms with Gasteiger partial charge in [-0.2, -0.15) is 0 Å². The molecule has 1 aromatic rings. The topological polar surface area (TPSA) is 37.9 Å². The van der Waals surface area contributed by atoms with Crippen molar-refractivity contribution in [1.29, 1.82) is 0 Å². The molecular weight excluding hydrogens is 244 g/mol. The number of aromatic nitrogens is 2. The van der Waals surface area contributed by atoms with Gasteiger partial charge in [-0.15, -0.1) is 0 Å². The lowest BCUT2D eigenvalue weighted by molar-refractivity contribution is 0.0156. The summed E-state index contributed by atoms with van der Waals surface area (Å²) in [6.45, 7) is 5.31. The highest BCUT2D eigenvalue weighted by Crippen LogP contribution is 2.16. The lowest BCUT2D eigenvalue weighted by Gasteiger charge is -2.22. The zero-order valence-corrected chi connectivity index (χ0v) is 12.1. The van der Waals surface area contributed by atoms with E-state index < -0.39 is 0 Å². The SMILES string of the molecule is CC(C)Cc1cc(=S)nc(CC2CCCCO2)[nH]1. The summed E-state index contributed by atoms with van der Waals surface area (Å²) in [5.41, 5.74) is 1.19. The van der Waals surface area contributed by atoms with Gasteiger partial charge in [0.15, 0.2) is 0 Å². The van der Waals surface area contributed by atoms with E-state index >= 15 is 0 Å². The van der Waals surface area contributed by atoms with Crippen LogP contribution in [0.15, 0.2) is 6.07 Å². The molecule has 0 radical (unpaired) electrons. The van der Waals surface area contributed by atoms with Crippen molar-refractivity contribution in [2.24, 2.45) is 5.92 Å². The second kappa shape index (κ2) is 6.43. The molecule has 1 N–H and O–H groups in total. The molecule has 0 saturated carbocycles. The number of rotatable bonds is 4. The summed E-state index contributed by atoms with van der Waals surface area (Å²) >= 11 is 5.24. The van der Waals surface area contributed by atoms with Crippen molar-refractivity contribution < 1.29 is 4.74 Å². The van der Waals surface area contributed by atoms with Gasteiger partial charge in [0, 0.05) is 18.7 Å². The summed E-state index contributed by atoms with van der Waals surface area (Å²) in [6.07, 6.45) is 5.77. The average Bonchev–Trinajstić information content (AvgIpc) is 2.28. The van der Waals surface area contributed by atoms with Crippen molar-refractivity contribution in [2.75, 3.05) is 6.61 Å². The van der Waals surface area contributed by atoms with Gasteiger partial charge in [-0.25, -0.2) is 4.98 Å². The van der Waals surface area contributed by atoms with Gasteiger partial charge in [-0.1, -0.05) is 26.1 Å². The van der Waals surface area contributed by atoms with Gasteiger partial charge in [0.05, 0.1) is 6.10 Å². The molecule has 0 aliphatic carbocycles. The molecule has 2 heterocycles. The molecule has 1 aliphatic heterocycles. The van der Waals surface area contributed by atoms with Gasteiger partial charge >= 0.3 is 0 Å². The Hall–Kier alpha value is -0.740. The fourth-order valence-corrected chi connectivity index (χ4v) is 2.65. The third kappa shape index (κ3) is 4.18. The van der Waals surface area contributed by atoms with Crippen LogP contribution in [-0.2, 0) is 17.6 Å². The van der Waals surface area contributed by atoms with Crippen molar-refractivity contribution in [2.45, 2.75) is 52.1 Å². The molecule has 1 aliphatic rings. The van der Waals surface area contributed by atoms with Crippen molar-refractivity contribution in [3.8, 4) is 0 Å². The third-order valence-electron chi connectivity index (χ3n) is 3.17. The molecule has 1 aromatic heterocycles. The lowest BCUT2D eigenvalue weighted by Crippen LogP contribution is -2.22. The van der Waals surface area contributed by atoms with Crippen molar-refractivity contribution in [3.05, 3.63) is 22.2 Å². The van der Waals surface area contributed by atoms with Crippen LogP contribution < -0.4 is 0 Å². The fraction of sp³-hybridized carbons (Fsp3) is 0.714. The second-order valence-corrected chi connectivity index (χ2v) is 5.90. The van der Waals surface area contributed by atoms with E-state index in [0.717, 1.165) is 31.7 Å². The Labute approximate surface area is 114 Å². The number of H-pyrrole nitrogens is 1. The maximum Gasteiger partial charge on any atom is 0.129 e. The maximum atomic E-state index is 5.75. The molecule has 1 fully saturated rings. The van der Waals surface area contributed by atoms with E-state index in [1.54, 1.807) is 0 Å². The lowest BCUT2D eigenvalue weighted by atomic mass is 10.1. The van der Waals surface area contributed by atoms with Crippen molar-refractivity contribution in [3.63, 3.8) is 0 Å². The van der Waals surface area contributed by atoms with Crippen molar-refractivity contribution >= 4 is 12.2 Å². The number of hydrogen-bond acceptors (Lipinski definition) is 3. The molecule has 3 nitrogen and oxygen atoms in total. The molecule has 0 bridgehead atoms. The van der Waals surface area contributed by atoms with E-state index in [1.807, 2.05) is 6.07 Å². The minimum Gasteiger partial charge on any atom is -0.378 e. The van der Waals surface area contributed by atoms with E-state index in [4.69, 9.17) is 17.0 Å². The first-order valence-corrected chi connectivity index (χ1v) is 7.25. The number of ether oxygens (including phenoxy) is 1. The van der Waals surface area contributed by atoms with Crippen LogP contribution in [0.1, 0.15) is 44.6 Å². The Balaban J connectivity index is 2.07. The second-order valence-electron chi connectivity index (χ2n) is 5.48. The van der Waals surface area contributed by atoms with Crippen LogP contribution >= 0.6 is 12.2 Å². The number of hydrogen-bond donors (Lipinski definition) is 1. The Morgan fingerprint density at radius 2 is 2.33 bits per heavy atom. The molecule has 0 spiro atoms. The summed E-state index contributed by atoms with van der Waals surface area (Å²) in [7, 11) is 0. The van der Waals surface area contributed by atoms with Gasteiger partial charge < -0.3 is 9.72 Å². The molecule has 1 unspecified atom stereocenters. The van der Waals surface area contributed by atoms with Gasteiger partial charge in [-0.05, 0) is 37.7 Å². The van der Waals surface area contributed by atoms with Gasteiger partial charge in [0.1, 0.15) is 10.5 Å². The largest absolute Gasteiger partial charge is 0.378 e. The summed E-state index contributed by atoms with van der Waals surface area (Å²) in [6, 6.07) is 1.97. The normalized spacial score (nSPS) is 20.3. The summed E-state index contributed by atoms with van der Waals surface area (Å²) in [5.74, 6) is 1.60. The first-order valence-electron chi connectivity index (χ1n) is 6.84. The smallest absolute Gasteiger partial charge is 0.129 e.